The Hall–Kier alpha value is -5.57. The zero-order chi connectivity index (χ0) is 34.2. The molecule has 2 aliphatic rings. The Morgan fingerprint density at radius 1 is 0.592 bits per heavy atom. The maximum atomic E-state index is 14.3. The molecule has 0 spiro atoms. The molecule has 2 fully saturated rings. The number of ether oxygens (including phenoxy) is 2. The summed E-state index contributed by atoms with van der Waals surface area (Å²) in [5.41, 5.74) is 3.45. The largest absolute Gasteiger partial charge is 0.447 e. The molecule has 9 heteroatoms. The van der Waals surface area contributed by atoms with Crippen molar-refractivity contribution in [2.75, 3.05) is 13.2 Å². The SMILES string of the molecule is O=C1OC[C@H](Cc2ccccc2)N1C(=O)C(/C=C/[C@H](Cc1ccccc1)C(=O)N1C(=O)OC[C@@H]1Cc1ccccc1)Cc1ccc(F)cc1. The van der Waals surface area contributed by atoms with E-state index in [9.17, 15) is 23.6 Å². The Kier molecular flexibility index (Phi) is 10.6. The van der Waals surface area contributed by atoms with E-state index < -0.39 is 53.7 Å². The van der Waals surface area contributed by atoms with Gasteiger partial charge in [0, 0.05) is 0 Å². The Morgan fingerprint density at radius 2 is 0.959 bits per heavy atom. The van der Waals surface area contributed by atoms with E-state index in [4.69, 9.17) is 9.47 Å². The maximum Gasteiger partial charge on any atom is 0.417 e. The normalized spacial score (nSPS) is 18.7. The van der Waals surface area contributed by atoms with E-state index in [1.54, 1.807) is 24.3 Å². The van der Waals surface area contributed by atoms with Crippen molar-refractivity contribution < 1.29 is 33.0 Å². The number of carbonyl (C=O) groups excluding carboxylic acids is 4. The van der Waals surface area contributed by atoms with Crippen LogP contribution in [-0.2, 0) is 44.7 Å². The van der Waals surface area contributed by atoms with Gasteiger partial charge in [0.05, 0.1) is 23.9 Å². The molecule has 2 aliphatic heterocycles. The van der Waals surface area contributed by atoms with Crippen LogP contribution in [0.2, 0.25) is 0 Å². The van der Waals surface area contributed by atoms with Gasteiger partial charge in [-0.3, -0.25) is 9.59 Å². The second kappa shape index (κ2) is 15.6. The lowest BCUT2D eigenvalue weighted by Gasteiger charge is -2.25. The van der Waals surface area contributed by atoms with E-state index in [1.807, 2.05) is 91.0 Å². The summed E-state index contributed by atoms with van der Waals surface area (Å²) in [6.45, 7) is 0.133. The Morgan fingerprint density at radius 3 is 1.37 bits per heavy atom. The zero-order valence-corrected chi connectivity index (χ0v) is 26.9. The molecule has 6 rings (SSSR count). The fraction of sp³-hybridized carbons (Fsp3) is 0.250. The van der Waals surface area contributed by atoms with Crippen molar-refractivity contribution in [3.63, 3.8) is 0 Å². The van der Waals surface area contributed by atoms with Crippen LogP contribution in [0, 0.1) is 17.7 Å². The molecule has 0 aromatic heterocycles. The van der Waals surface area contributed by atoms with Gasteiger partial charge in [0.15, 0.2) is 0 Å². The topological polar surface area (TPSA) is 93.2 Å². The van der Waals surface area contributed by atoms with Gasteiger partial charge in [-0.25, -0.2) is 23.8 Å². The average molecular weight is 661 g/mol. The molecule has 250 valence electrons. The van der Waals surface area contributed by atoms with Crippen LogP contribution < -0.4 is 0 Å². The second-order valence-electron chi connectivity index (χ2n) is 12.4. The molecule has 1 unspecified atom stereocenters. The predicted octanol–water partition coefficient (Wildman–Crippen LogP) is 6.58. The number of cyclic esters (lactones) is 2. The van der Waals surface area contributed by atoms with Gasteiger partial charge in [-0.1, -0.05) is 115 Å². The van der Waals surface area contributed by atoms with Crippen molar-refractivity contribution >= 4 is 24.0 Å². The molecule has 2 saturated heterocycles. The molecule has 8 nitrogen and oxygen atoms in total. The lowest BCUT2D eigenvalue weighted by Crippen LogP contribution is -2.44. The van der Waals surface area contributed by atoms with Crippen LogP contribution in [0.25, 0.3) is 0 Å². The van der Waals surface area contributed by atoms with Gasteiger partial charge in [-0.05, 0) is 60.1 Å². The highest BCUT2D eigenvalue weighted by Gasteiger charge is 2.42. The summed E-state index contributed by atoms with van der Waals surface area (Å²) in [6, 6.07) is 33.3. The minimum absolute atomic E-state index is 0.0570. The molecule has 0 aliphatic carbocycles. The summed E-state index contributed by atoms with van der Waals surface area (Å²) in [4.78, 5) is 56.9. The Labute approximate surface area is 284 Å². The minimum Gasteiger partial charge on any atom is -0.447 e. The van der Waals surface area contributed by atoms with Gasteiger partial charge >= 0.3 is 12.2 Å². The zero-order valence-electron chi connectivity index (χ0n) is 26.9. The summed E-state index contributed by atoms with van der Waals surface area (Å²) in [6.07, 6.45) is 3.11. The quantitative estimate of drug-likeness (QED) is 0.160. The third-order valence-corrected chi connectivity index (χ3v) is 8.90. The van der Waals surface area contributed by atoms with E-state index in [2.05, 4.69) is 0 Å². The van der Waals surface area contributed by atoms with Crippen molar-refractivity contribution in [1.82, 2.24) is 9.80 Å². The van der Waals surface area contributed by atoms with Crippen LogP contribution in [0.5, 0.6) is 0 Å². The molecular formula is C40H37FN2O6. The van der Waals surface area contributed by atoms with Crippen LogP contribution in [0.3, 0.4) is 0 Å². The minimum atomic E-state index is -0.897. The number of imide groups is 2. The summed E-state index contributed by atoms with van der Waals surface area (Å²) in [7, 11) is 0. The molecule has 0 saturated carbocycles. The molecule has 2 heterocycles. The lowest BCUT2D eigenvalue weighted by atomic mass is 9.91. The summed E-state index contributed by atoms with van der Waals surface area (Å²) >= 11 is 0. The Balaban J connectivity index is 1.31. The van der Waals surface area contributed by atoms with Gasteiger partial charge in [0.2, 0.25) is 11.8 Å². The molecule has 0 N–H and O–H groups in total. The van der Waals surface area contributed by atoms with Crippen LogP contribution in [0.4, 0.5) is 14.0 Å². The number of rotatable bonds is 12. The lowest BCUT2D eigenvalue weighted by molar-refractivity contribution is -0.133. The van der Waals surface area contributed by atoms with E-state index in [0.717, 1.165) is 21.6 Å². The number of halogens is 1. The van der Waals surface area contributed by atoms with Gasteiger partial charge < -0.3 is 9.47 Å². The van der Waals surface area contributed by atoms with E-state index in [0.29, 0.717) is 18.4 Å². The number of carbonyl (C=O) groups is 4. The van der Waals surface area contributed by atoms with Crippen LogP contribution >= 0.6 is 0 Å². The number of benzene rings is 4. The highest BCUT2D eigenvalue weighted by molar-refractivity contribution is 5.97. The highest BCUT2D eigenvalue weighted by Crippen LogP contribution is 2.26. The van der Waals surface area contributed by atoms with E-state index in [1.165, 1.54) is 17.0 Å². The Bertz CT molecular complexity index is 1780. The van der Waals surface area contributed by atoms with Gasteiger partial charge in [-0.15, -0.1) is 0 Å². The fourth-order valence-corrected chi connectivity index (χ4v) is 6.38. The monoisotopic (exact) mass is 660 g/mol. The van der Waals surface area contributed by atoms with Crippen LogP contribution in [0.15, 0.2) is 127 Å². The third kappa shape index (κ3) is 8.30. The maximum absolute atomic E-state index is 14.3. The number of amides is 4. The molecule has 4 atom stereocenters. The van der Waals surface area contributed by atoms with Crippen molar-refractivity contribution in [3.8, 4) is 0 Å². The van der Waals surface area contributed by atoms with E-state index in [-0.39, 0.29) is 26.1 Å². The number of nitrogens with zero attached hydrogens (tertiary/aromatic N) is 2. The standard InChI is InChI=1S/C40H37FN2O6/c41-34-20-16-31(17-21-34)23-33(38(45)43-36(27-49-40(43)47)25-30-14-8-3-9-15-30)19-18-32(22-28-10-4-1-5-11-28)37(44)42-35(26-48-39(42)46)24-29-12-6-2-7-13-29/h1-21,32-33,35-36H,22-27H2/b19-18+/t32-,33?,35+,36+/m1/s1. The predicted molar refractivity (Wildman–Crippen MR) is 181 cm³/mol. The molecule has 49 heavy (non-hydrogen) atoms. The fourth-order valence-electron chi connectivity index (χ4n) is 6.38. The average Bonchev–Trinajstić information content (AvgIpc) is 3.67. The van der Waals surface area contributed by atoms with Crippen LogP contribution in [-0.4, -0.2) is 59.1 Å². The molecule has 0 bridgehead atoms. The molecule has 4 amide bonds. The van der Waals surface area contributed by atoms with Crippen molar-refractivity contribution in [3.05, 3.63) is 155 Å². The third-order valence-electron chi connectivity index (χ3n) is 8.90. The van der Waals surface area contributed by atoms with E-state index >= 15 is 0 Å². The molecule has 4 aromatic carbocycles. The first-order chi connectivity index (χ1) is 23.9. The second-order valence-corrected chi connectivity index (χ2v) is 12.4. The summed E-state index contributed by atoms with van der Waals surface area (Å²) in [5, 5.41) is 0. The first kappa shape index (κ1) is 33.3. The van der Waals surface area contributed by atoms with Gasteiger partial charge in [0.25, 0.3) is 0 Å². The van der Waals surface area contributed by atoms with Gasteiger partial charge in [-0.2, -0.15) is 0 Å². The first-order valence-corrected chi connectivity index (χ1v) is 16.4. The highest BCUT2D eigenvalue weighted by atomic mass is 19.1. The van der Waals surface area contributed by atoms with Gasteiger partial charge in [0.1, 0.15) is 19.0 Å². The van der Waals surface area contributed by atoms with Crippen molar-refractivity contribution in [2.24, 2.45) is 11.8 Å². The van der Waals surface area contributed by atoms with Crippen LogP contribution in [0.1, 0.15) is 22.3 Å². The molecule has 4 aromatic rings. The van der Waals surface area contributed by atoms with Crippen molar-refractivity contribution in [1.29, 1.82) is 0 Å². The summed E-state index contributed by atoms with van der Waals surface area (Å²) < 4.78 is 24.5. The number of hydrogen-bond acceptors (Lipinski definition) is 6. The molecular weight excluding hydrogens is 623 g/mol. The molecule has 0 radical (unpaired) electrons. The van der Waals surface area contributed by atoms with Crippen molar-refractivity contribution in [2.45, 2.75) is 37.8 Å². The smallest absolute Gasteiger partial charge is 0.417 e. The summed E-state index contributed by atoms with van der Waals surface area (Å²) in [5.74, 6) is -3.08. The first-order valence-electron chi connectivity index (χ1n) is 16.4. The number of hydrogen-bond donors (Lipinski definition) is 0.